The lowest BCUT2D eigenvalue weighted by molar-refractivity contribution is 0.669. The minimum absolute atomic E-state index is 0.0282. The van der Waals surface area contributed by atoms with Gasteiger partial charge in [-0.2, -0.15) is 0 Å². The lowest BCUT2D eigenvalue weighted by Gasteiger charge is -2.24. The Balaban J connectivity index is 1.11. The number of para-hydroxylation sites is 1. The van der Waals surface area contributed by atoms with E-state index in [-0.39, 0.29) is 6.04 Å². The molecule has 0 aliphatic carbocycles. The van der Waals surface area contributed by atoms with Crippen molar-refractivity contribution >= 4 is 65.0 Å². The maximum Gasteiger partial charge on any atom is 0.136 e. The summed E-state index contributed by atoms with van der Waals surface area (Å²) in [6.07, 6.45) is 2.22. The molecule has 1 atom stereocenters. The van der Waals surface area contributed by atoms with Crippen LogP contribution in [-0.2, 0) is 0 Å². The van der Waals surface area contributed by atoms with Gasteiger partial charge in [-0.05, 0) is 70.8 Å². The summed E-state index contributed by atoms with van der Waals surface area (Å²) in [6, 6.07) is 49.3. The number of rotatable bonds is 4. The second kappa shape index (κ2) is 10.1. The van der Waals surface area contributed by atoms with Crippen LogP contribution >= 0.6 is 11.3 Å². The molecule has 8 aromatic rings. The molecule has 44 heavy (non-hydrogen) atoms. The minimum Gasteiger partial charge on any atom is -0.456 e. The van der Waals surface area contributed by atoms with Gasteiger partial charge in [0, 0.05) is 36.5 Å². The zero-order valence-electron chi connectivity index (χ0n) is 23.7. The summed E-state index contributed by atoms with van der Waals surface area (Å²) >= 11 is 1.83. The normalized spacial score (nSPS) is 15.0. The second-order valence-corrected chi connectivity index (χ2v) is 12.3. The predicted molar refractivity (Wildman–Crippen MR) is 185 cm³/mol. The Morgan fingerprint density at radius 2 is 1.23 bits per heavy atom. The van der Waals surface area contributed by atoms with E-state index in [0.29, 0.717) is 0 Å². The number of nitrogens with one attached hydrogen (secondary N) is 1. The zero-order chi connectivity index (χ0) is 29.0. The first-order chi connectivity index (χ1) is 21.8. The van der Waals surface area contributed by atoms with Gasteiger partial charge in [-0.15, -0.1) is 11.3 Å². The number of hydrogen-bond donors (Lipinski definition) is 1. The largest absolute Gasteiger partial charge is 0.456 e. The fraction of sp³-hybridized carbons (Fsp3) is 0.0250. The molecule has 2 aromatic heterocycles. The molecular weight excluding hydrogens is 557 g/mol. The molecular formula is C40H26N2OS. The third kappa shape index (κ3) is 4.23. The number of fused-ring (bicyclic) bond motifs is 6. The number of nitrogens with zero attached hydrogens (tertiary/aromatic N) is 1. The van der Waals surface area contributed by atoms with Crippen molar-refractivity contribution in [3.05, 3.63) is 162 Å². The van der Waals surface area contributed by atoms with Crippen molar-refractivity contribution in [3.8, 4) is 11.1 Å². The summed E-state index contributed by atoms with van der Waals surface area (Å²) in [4.78, 5) is 5.12. The van der Waals surface area contributed by atoms with E-state index in [1.165, 1.54) is 31.3 Å². The summed E-state index contributed by atoms with van der Waals surface area (Å²) in [5, 5.41) is 8.53. The molecule has 0 amide bonds. The van der Waals surface area contributed by atoms with Crippen LogP contribution in [0.15, 0.2) is 155 Å². The van der Waals surface area contributed by atoms with Crippen LogP contribution in [0.5, 0.6) is 0 Å². The van der Waals surface area contributed by atoms with Crippen LogP contribution in [0.4, 0.5) is 0 Å². The molecule has 0 saturated heterocycles. The van der Waals surface area contributed by atoms with Crippen molar-refractivity contribution in [2.24, 2.45) is 4.99 Å². The molecule has 0 bridgehead atoms. The van der Waals surface area contributed by atoms with E-state index in [4.69, 9.17) is 9.41 Å². The minimum atomic E-state index is 0.0282. The van der Waals surface area contributed by atoms with Gasteiger partial charge in [0.1, 0.15) is 17.0 Å². The molecule has 0 radical (unpaired) electrons. The number of thiophene rings is 1. The average molecular weight is 583 g/mol. The van der Waals surface area contributed by atoms with Gasteiger partial charge in [0.15, 0.2) is 0 Å². The lowest BCUT2D eigenvalue weighted by Crippen LogP contribution is -2.31. The number of amidine groups is 1. The first-order valence-electron chi connectivity index (χ1n) is 14.8. The smallest absolute Gasteiger partial charge is 0.136 e. The van der Waals surface area contributed by atoms with Gasteiger partial charge >= 0.3 is 0 Å². The molecule has 9 rings (SSSR count). The van der Waals surface area contributed by atoms with Crippen LogP contribution in [0.1, 0.15) is 22.7 Å². The van der Waals surface area contributed by atoms with Gasteiger partial charge in [-0.3, -0.25) is 0 Å². The molecule has 1 aliphatic heterocycles. The van der Waals surface area contributed by atoms with Gasteiger partial charge in [-0.25, -0.2) is 4.99 Å². The predicted octanol–water partition coefficient (Wildman–Crippen LogP) is 10.8. The van der Waals surface area contributed by atoms with Gasteiger partial charge in [0.25, 0.3) is 0 Å². The van der Waals surface area contributed by atoms with E-state index < -0.39 is 0 Å². The number of aliphatic imine (C=N–C) groups is 1. The second-order valence-electron chi connectivity index (χ2n) is 11.2. The Hall–Kier alpha value is -5.45. The van der Waals surface area contributed by atoms with E-state index in [0.717, 1.165) is 50.2 Å². The molecule has 1 unspecified atom stereocenters. The lowest BCUT2D eigenvalue weighted by atomic mass is 9.99. The maximum atomic E-state index is 6.17. The Labute approximate surface area is 258 Å². The fourth-order valence-corrected chi connectivity index (χ4v) is 7.43. The molecule has 0 fully saturated rings. The summed E-state index contributed by atoms with van der Waals surface area (Å²) in [5.41, 5.74) is 8.58. The molecule has 0 saturated carbocycles. The number of furan rings is 1. The fourth-order valence-electron chi connectivity index (χ4n) is 6.30. The molecule has 4 heteroatoms. The Kier molecular flexibility index (Phi) is 5.75. The van der Waals surface area contributed by atoms with Crippen molar-refractivity contribution in [3.63, 3.8) is 0 Å². The first kappa shape index (κ1) is 25.1. The van der Waals surface area contributed by atoms with Crippen molar-refractivity contribution in [1.82, 2.24) is 5.32 Å². The topological polar surface area (TPSA) is 37.5 Å². The highest BCUT2D eigenvalue weighted by Gasteiger charge is 2.20. The Bertz CT molecular complexity index is 2420. The standard InChI is InChI=1S/C40H26N2OS/c1-3-9-25(10-4-1)34-24-35(26-11-5-2-6-12-26)42-40(41-34)29-17-20-38-33(21-29)32-19-16-28(23-39(32)44-38)27-15-18-31-30-13-7-8-14-36(30)43-37(31)22-27/h1-24,34H,(H,41,42). The Morgan fingerprint density at radius 1 is 0.523 bits per heavy atom. The highest BCUT2D eigenvalue weighted by Crippen LogP contribution is 2.39. The number of benzene rings is 6. The van der Waals surface area contributed by atoms with Crippen LogP contribution in [0.3, 0.4) is 0 Å². The molecule has 1 N–H and O–H groups in total. The van der Waals surface area contributed by atoms with Gasteiger partial charge in [0.05, 0.1) is 11.7 Å². The quantitative estimate of drug-likeness (QED) is 0.224. The molecule has 6 aromatic carbocycles. The molecule has 208 valence electrons. The van der Waals surface area contributed by atoms with Gasteiger partial charge < -0.3 is 9.73 Å². The van der Waals surface area contributed by atoms with Crippen molar-refractivity contribution in [1.29, 1.82) is 0 Å². The van der Waals surface area contributed by atoms with Crippen LogP contribution in [0.25, 0.3) is 58.9 Å². The Morgan fingerprint density at radius 3 is 2.09 bits per heavy atom. The van der Waals surface area contributed by atoms with Crippen LogP contribution < -0.4 is 5.32 Å². The zero-order valence-corrected chi connectivity index (χ0v) is 24.5. The van der Waals surface area contributed by atoms with E-state index in [9.17, 15) is 0 Å². The summed E-state index contributed by atoms with van der Waals surface area (Å²) in [6.45, 7) is 0. The van der Waals surface area contributed by atoms with Crippen LogP contribution in [-0.4, -0.2) is 5.84 Å². The van der Waals surface area contributed by atoms with Crippen molar-refractivity contribution in [2.75, 3.05) is 0 Å². The first-order valence-corrected chi connectivity index (χ1v) is 15.6. The summed E-state index contributed by atoms with van der Waals surface area (Å²) in [7, 11) is 0. The monoisotopic (exact) mass is 582 g/mol. The highest BCUT2D eigenvalue weighted by atomic mass is 32.1. The maximum absolute atomic E-state index is 6.17. The van der Waals surface area contributed by atoms with Crippen molar-refractivity contribution in [2.45, 2.75) is 6.04 Å². The third-order valence-electron chi connectivity index (χ3n) is 8.53. The molecule has 0 spiro atoms. The average Bonchev–Trinajstić information content (AvgIpc) is 3.66. The van der Waals surface area contributed by atoms with Crippen LogP contribution in [0.2, 0.25) is 0 Å². The van der Waals surface area contributed by atoms with Gasteiger partial charge in [-0.1, -0.05) is 97.1 Å². The third-order valence-corrected chi connectivity index (χ3v) is 9.67. The SMILES string of the molecule is C1=C(c2ccccc2)N=C(c2ccc3sc4cc(-c5ccc6c(c5)oc5ccccc56)ccc4c3c2)NC1c1ccccc1. The summed E-state index contributed by atoms with van der Waals surface area (Å²) < 4.78 is 8.71. The van der Waals surface area contributed by atoms with E-state index >= 15 is 0 Å². The summed E-state index contributed by atoms with van der Waals surface area (Å²) in [5.74, 6) is 0.886. The number of hydrogen-bond acceptors (Lipinski definition) is 4. The van der Waals surface area contributed by atoms with Gasteiger partial charge in [0.2, 0.25) is 0 Å². The van der Waals surface area contributed by atoms with E-state index in [1.807, 2.05) is 29.5 Å². The molecule has 3 heterocycles. The molecule has 1 aliphatic rings. The molecule has 3 nitrogen and oxygen atoms in total. The highest BCUT2D eigenvalue weighted by molar-refractivity contribution is 7.25. The van der Waals surface area contributed by atoms with Crippen LogP contribution in [0, 0.1) is 0 Å². The van der Waals surface area contributed by atoms with E-state index in [2.05, 4.69) is 133 Å². The van der Waals surface area contributed by atoms with E-state index in [1.54, 1.807) is 0 Å². The van der Waals surface area contributed by atoms with Crippen molar-refractivity contribution < 1.29 is 4.42 Å².